The first kappa shape index (κ1) is 25.8. The van der Waals surface area contributed by atoms with Crippen LogP contribution in [0, 0.1) is 6.92 Å². The molecule has 0 radical (unpaired) electrons. The molecule has 0 unspecified atom stereocenters. The van der Waals surface area contributed by atoms with Crippen LogP contribution < -0.4 is 19.9 Å². The molecule has 1 fully saturated rings. The minimum absolute atomic E-state index is 0.0480. The monoisotopic (exact) mass is 489 g/mol. The number of rotatable bonds is 6. The highest BCUT2D eigenvalue weighted by atomic mass is 16.5. The summed E-state index contributed by atoms with van der Waals surface area (Å²) in [6.45, 7) is 15.4. The van der Waals surface area contributed by atoms with Crippen molar-refractivity contribution in [3.63, 3.8) is 0 Å². The summed E-state index contributed by atoms with van der Waals surface area (Å²) in [4.78, 5) is 14.2. The maximum Gasteiger partial charge on any atom is 0.227 e. The van der Waals surface area contributed by atoms with Crippen LogP contribution in [0.3, 0.4) is 0 Å². The lowest BCUT2D eigenvalue weighted by atomic mass is 9.86. The molecule has 4 rings (SSSR count). The van der Waals surface area contributed by atoms with Crippen molar-refractivity contribution in [3.05, 3.63) is 65.4 Å². The molecule has 0 saturated carbocycles. The minimum atomic E-state index is -0.142. The van der Waals surface area contributed by atoms with Gasteiger partial charge in [-0.05, 0) is 67.6 Å². The van der Waals surface area contributed by atoms with Crippen molar-refractivity contribution in [3.8, 4) is 5.75 Å². The number of aryl methyl sites for hydroxylation is 1. The number of benzene rings is 2. The Kier molecular flexibility index (Phi) is 7.14. The Morgan fingerprint density at radius 3 is 2.36 bits per heavy atom. The molecule has 2 aromatic carbocycles. The number of aliphatic hydroxyl groups is 1. The van der Waals surface area contributed by atoms with E-state index >= 15 is 0 Å². The van der Waals surface area contributed by atoms with Crippen molar-refractivity contribution in [1.82, 2.24) is 9.97 Å². The highest BCUT2D eigenvalue weighted by Gasteiger charge is 2.35. The number of hydrogen-bond acceptors (Lipinski definition) is 7. The summed E-state index contributed by atoms with van der Waals surface area (Å²) >= 11 is 0. The topological polar surface area (TPSA) is 73.8 Å². The summed E-state index contributed by atoms with van der Waals surface area (Å²) in [5, 5.41) is 13.4. The maximum atomic E-state index is 9.94. The maximum absolute atomic E-state index is 9.94. The van der Waals surface area contributed by atoms with Gasteiger partial charge in [-0.3, -0.25) is 0 Å². The second-order valence-corrected chi connectivity index (χ2v) is 11.2. The largest absolute Gasteiger partial charge is 0.497 e. The van der Waals surface area contributed by atoms with Crippen LogP contribution >= 0.6 is 0 Å². The molecule has 192 valence electrons. The summed E-state index contributed by atoms with van der Waals surface area (Å²) in [5.41, 5.74) is 5.08. The van der Waals surface area contributed by atoms with Gasteiger partial charge in [0.15, 0.2) is 0 Å². The van der Waals surface area contributed by atoms with Gasteiger partial charge in [0.2, 0.25) is 5.95 Å². The molecule has 7 heteroatoms. The van der Waals surface area contributed by atoms with Gasteiger partial charge >= 0.3 is 0 Å². The third-order valence-electron chi connectivity index (χ3n) is 6.86. The molecule has 1 aliphatic rings. The Morgan fingerprint density at radius 2 is 1.75 bits per heavy atom. The smallest absolute Gasteiger partial charge is 0.227 e. The number of ether oxygens (including phenoxy) is 1. The van der Waals surface area contributed by atoms with Gasteiger partial charge in [0.1, 0.15) is 11.6 Å². The lowest BCUT2D eigenvalue weighted by Crippen LogP contribution is -2.60. The van der Waals surface area contributed by atoms with E-state index in [-0.39, 0.29) is 17.6 Å². The Labute approximate surface area is 215 Å². The molecular formula is C29H39N5O2. The Hall–Kier alpha value is -3.32. The van der Waals surface area contributed by atoms with Gasteiger partial charge in [-0.2, -0.15) is 4.98 Å². The van der Waals surface area contributed by atoms with Gasteiger partial charge in [-0.25, -0.2) is 4.98 Å². The zero-order valence-corrected chi connectivity index (χ0v) is 22.6. The fourth-order valence-electron chi connectivity index (χ4n) is 4.70. The second-order valence-electron chi connectivity index (χ2n) is 11.2. The summed E-state index contributed by atoms with van der Waals surface area (Å²) in [7, 11) is 1.68. The molecule has 3 aromatic rings. The predicted octanol–water partition coefficient (Wildman–Crippen LogP) is 5.43. The number of methoxy groups -OCH3 is 1. The Bertz CT molecular complexity index is 1200. The van der Waals surface area contributed by atoms with Crippen LogP contribution in [0.1, 0.15) is 51.4 Å². The highest BCUT2D eigenvalue weighted by Crippen LogP contribution is 2.32. The zero-order chi connectivity index (χ0) is 26.1. The van der Waals surface area contributed by atoms with E-state index in [4.69, 9.17) is 9.72 Å². The van der Waals surface area contributed by atoms with E-state index in [2.05, 4.69) is 92.0 Å². The number of nitrogens with one attached hydrogen (secondary N) is 1. The summed E-state index contributed by atoms with van der Waals surface area (Å²) < 4.78 is 5.32. The SMILES string of the molecule is COc1ccc(N2CCN(c3nc(CO)cc(Nc4cc(C(C)(C)C)ccc4C)n3)CC2(C)C)cc1. The summed E-state index contributed by atoms with van der Waals surface area (Å²) in [5.74, 6) is 2.18. The number of piperazine rings is 1. The van der Waals surface area contributed by atoms with Crippen molar-refractivity contribution in [2.75, 3.05) is 41.9 Å². The standard InChI is InChI=1S/C29H39N5O2/c1-20-8-9-21(28(2,3)4)16-25(20)31-26-17-22(18-35)30-27(32-26)33-14-15-34(29(5,6)19-33)23-10-12-24(36-7)13-11-23/h8-13,16-17,35H,14-15,18-19H2,1-7H3,(H,30,31,32). The average Bonchev–Trinajstić information content (AvgIpc) is 2.84. The highest BCUT2D eigenvalue weighted by molar-refractivity contribution is 5.63. The average molecular weight is 490 g/mol. The van der Waals surface area contributed by atoms with Crippen molar-refractivity contribution < 1.29 is 9.84 Å². The van der Waals surface area contributed by atoms with Crippen molar-refractivity contribution in [1.29, 1.82) is 0 Å². The van der Waals surface area contributed by atoms with Crippen molar-refractivity contribution >= 4 is 23.1 Å². The molecule has 0 atom stereocenters. The molecule has 0 amide bonds. The van der Waals surface area contributed by atoms with Gasteiger partial charge in [0.25, 0.3) is 0 Å². The van der Waals surface area contributed by atoms with Gasteiger partial charge in [-0.15, -0.1) is 0 Å². The van der Waals surface area contributed by atoms with Gasteiger partial charge in [0, 0.05) is 37.1 Å². The Morgan fingerprint density at radius 1 is 1.03 bits per heavy atom. The van der Waals surface area contributed by atoms with Crippen LogP contribution in [-0.4, -0.2) is 47.4 Å². The number of aliphatic hydroxyl groups excluding tert-OH is 1. The lowest BCUT2D eigenvalue weighted by Gasteiger charge is -2.48. The number of aromatic nitrogens is 2. The number of anilines is 4. The molecule has 0 bridgehead atoms. The van der Waals surface area contributed by atoms with Gasteiger partial charge < -0.3 is 25.0 Å². The van der Waals surface area contributed by atoms with Gasteiger partial charge in [-0.1, -0.05) is 32.9 Å². The molecule has 1 aliphatic heterocycles. The van der Waals surface area contributed by atoms with E-state index in [0.717, 1.165) is 36.6 Å². The van der Waals surface area contributed by atoms with E-state index < -0.39 is 0 Å². The number of nitrogens with zero attached hydrogens (tertiary/aromatic N) is 4. The summed E-state index contributed by atoms with van der Waals surface area (Å²) in [6.07, 6.45) is 0. The second kappa shape index (κ2) is 9.97. The third kappa shape index (κ3) is 5.57. The quantitative estimate of drug-likeness (QED) is 0.478. The lowest BCUT2D eigenvalue weighted by molar-refractivity contribution is 0.276. The first-order chi connectivity index (χ1) is 17.0. The summed E-state index contributed by atoms with van der Waals surface area (Å²) in [6, 6.07) is 16.5. The normalized spacial score (nSPS) is 15.7. The van der Waals surface area contributed by atoms with Crippen LogP contribution in [-0.2, 0) is 12.0 Å². The molecule has 0 aliphatic carbocycles. The fourth-order valence-corrected chi connectivity index (χ4v) is 4.70. The van der Waals surface area contributed by atoms with Crippen LogP contribution in [0.25, 0.3) is 0 Å². The van der Waals surface area contributed by atoms with E-state index in [9.17, 15) is 5.11 Å². The van der Waals surface area contributed by atoms with Gasteiger partial charge in [0.05, 0.1) is 24.9 Å². The van der Waals surface area contributed by atoms with Crippen molar-refractivity contribution in [2.24, 2.45) is 0 Å². The van der Waals surface area contributed by atoms with E-state index in [1.165, 1.54) is 11.3 Å². The van der Waals surface area contributed by atoms with Crippen LogP contribution in [0.15, 0.2) is 48.5 Å². The predicted molar refractivity (Wildman–Crippen MR) is 148 cm³/mol. The molecule has 2 N–H and O–H groups in total. The van der Waals surface area contributed by atoms with E-state index in [1.54, 1.807) is 7.11 Å². The molecule has 36 heavy (non-hydrogen) atoms. The fraction of sp³-hybridized carbons (Fsp3) is 0.448. The first-order valence-electron chi connectivity index (χ1n) is 12.5. The zero-order valence-electron chi connectivity index (χ0n) is 22.6. The van der Waals surface area contributed by atoms with Crippen LogP contribution in [0.4, 0.5) is 23.1 Å². The van der Waals surface area contributed by atoms with E-state index in [0.29, 0.717) is 17.5 Å². The number of hydrogen-bond donors (Lipinski definition) is 2. The van der Waals surface area contributed by atoms with Crippen molar-refractivity contribution in [2.45, 2.75) is 59.1 Å². The van der Waals surface area contributed by atoms with Crippen LogP contribution in [0.2, 0.25) is 0 Å². The molecule has 2 heterocycles. The molecule has 0 spiro atoms. The Balaban J connectivity index is 1.58. The molecular weight excluding hydrogens is 450 g/mol. The first-order valence-corrected chi connectivity index (χ1v) is 12.5. The molecule has 1 aromatic heterocycles. The molecule has 1 saturated heterocycles. The third-order valence-corrected chi connectivity index (χ3v) is 6.86. The van der Waals surface area contributed by atoms with E-state index in [1.807, 2.05) is 18.2 Å². The van der Waals surface area contributed by atoms with Crippen LogP contribution in [0.5, 0.6) is 5.75 Å². The minimum Gasteiger partial charge on any atom is -0.497 e. The molecule has 7 nitrogen and oxygen atoms in total.